The molecule has 0 atom stereocenters. The molecule has 0 amide bonds. The Morgan fingerprint density at radius 2 is 1.74 bits per heavy atom. The molecule has 0 aliphatic rings. The number of carboxylic acids is 1. The molecule has 0 radical (unpaired) electrons. The van der Waals surface area contributed by atoms with Gasteiger partial charge in [-0.15, -0.1) is 0 Å². The summed E-state index contributed by atoms with van der Waals surface area (Å²) in [5, 5.41) is 8.89. The predicted molar refractivity (Wildman–Crippen MR) is 64.2 cm³/mol. The monoisotopic (exact) mass is 265 g/mol. The van der Waals surface area contributed by atoms with E-state index in [9.17, 15) is 13.6 Å². The normalized spacial score (nSPS) is 10.2. The molecular formula is C13H9F2NO3. The van der Waals surface area contributed by atoms with Crippen LogP contribution in [0.25, 0.3) is 0 Å². The van der Waals surface area contributed by atoms with E-state index in [0.717, 1.165) is 6.07 Å². The molecule has 0 aliphatic heterocycles. The minimum atomic E-state index is -1.23. The van der Waals surface area contributed by atoms with Crippen molar-refractivity contribution in [2.45, 2.75) is 0 Å². The summed E-state index contributed by atoms with van der Waals surface area (Å²) >= 11 is 0. The van der Waals surface area contributed by atoms with Gasteiger partial charge in [0.2, 0.25) is 5.82 Å². The molecule has 0 spiro atoms. The molecule has 2 aromatic rings. The Morgan fingerprint density at radius 1 is 1.11 bits per heavy atom. The fourth-order valence-electron chi connectivity index (χ4n) is 1.50. The third kappa shape index (κ3) is 2.47. The molecule has 19 heavy (non-hydrogen) atoms. The Hall–Kier alpha value is -2.63. The van der Waals surface area contributed by atoms with Gasteiger partial charge in [-0.05, 0) is 24.3 Å². The number of ether oxygens (including phenoxy) is 1. The average Bonchev–Trinajstić information content (AvgIpc) is 2.37. The van der Waals surface area contributed by atoms with Crippen LogP contribution in [0.2, 0.25) is 0 Å². The van der Waals surface area contributed by atoms with Crippen LogP contribution < -0.4 is 10.5 Å². The minimum Gasteiger partial charge on any atom is -0.478 e. The van der Waals surface area contributed by atoms with Crippen molar-refractivity contribution >= 4 is 11.7 Å². The minimum absolute atomic E-state index is 0.0515. The van der Waals surface area contributed by atoms with Crippen LogP contribution in [0.15, 0.2) is 36.4 Å². The first-order valence-corrected chi connectivity index (χ1v) is 5.24. The number of anilines is 1. The Balaban J connectivity index is 2.42. The number of carbonyl (C=O) groups is 1. The summed E-state index contributed by atoms with van der Waals surface area (Å²) in [4.78, 5) is 10.9. The van der Waals surface area contributed by atoms with E-state index in [0.29, 0.717) is 0 Å². The number of hydrogen-bond donors (Lipinski definition) is 2. The Labute approximate surface area is 107 Å². The highest BCUT2D eigenvalue weighted by atomic mass is 19.2. The van der Waals surface area contributed by atoms with Gasteiger partial charge in [-0.2, -0.15) is 4.39 Å². The van der Waals surface area contributed by atoms with E-state index in [1.165, 1.54) is 30.3 Å². The molecule has 3 N–H and O–H groups in total. The zero-order valence-corrected chi connectivity index (χ0v) is 9.56. The number of nitrogens with two attached hydrogens (primary N) is 1. The molecule has 0 unspecified atom stereocenters. The lowest BCUT2D eigenvalue weighted by molar-refractivity contribution is 0.0697. The summed E-state index contributed by atoms with van der Waals surface area (Å²) in [7, 11) is 0. The summed E-state index contributed by atoms with van der Waals surface area (Å²) in [5.41, 5.74) is 5.27. The van der Waals surface area contributed by atoms with E-state index in [1.807, 2.05) is 0 Å². The first kappa shape index (κ1) is 12.8. The number of carboxylic acid groups (broad SMARTS) is 1. The molecule has 0 bridgehead atoms. The number of halogens is 2. The van der Waals surface area contributed by atoms with Crippen LogP contribution >= 0.6 is 0 Å². The van der Waals surface area contributed by atoms with Gasteiger partial charge in [0.1, 0.15) is 0 Å². The number of rotatable bonds is 3. The molecule has 0 saturated heterocycles. The molecule has 0 fully saturated rings. The molecule has 0 saturated carbocycles. The molecule has 0 aliphatic carbocycles. The summed E-state index contributed by atoms with van der Waals surface area (Å²) < 4.78 is 31.5. The van der Waals surface area contributed by atoms with Crippen LogP contribution in [0.3, 0.4) is 0 Å². The lowest BCUT2D eigenvalue weighted by Gasteiger charge is -2.10. The van der Waals surface area contributed by atoms with E-state index >= 15 is 0 Å². The summed E-state index contributed by atoms with van der Waals surface area (Å²) in [6.07, 6.45) is 0. The van der Waals surface area contributed by atoms with Crippen molar-refractivity contribution in [2.24, 2.45) is 0 Å². The van der Waals surface area contributed by atoms with E-state index in [-0.39, 0.29) is 22.7 Å². The summed E-state index contributed by atoms with van der Waals surface area (Å²) in [6, 6.07) is 7.47. The predicted octanol–water partition coefficient (Wildman–Crippen LogP) is 3.04. The van der Waals surface area contributed by atoms with Crippen molar-refractivity contribution in [3.8, 4) is 11.5 Å². The molecule has 0 aromatic heterocycles. The van der Waals surface area contributed by atoms with Gasteiger partial charge in [0.15, 0.2) is 17.3 Å². The topological polar surface area (TPSA) is 72.5 Å². The number of benzene rings is 2. The maximum Gasteiger partial charge on any atom is 0.337 e. The van der Waals surface area contributed by atoms with Crippen molar-refractivity contribution in [2.75, 3.05) is 5.73 Å². The fraction of sp³-hybridized carbons (Fsp3) is 0. The Morgan fingerprint density at radius 3 is 2.42 bits per heavy atom. The number of nitrogen functional groups attached to an aromatic ring is 1. The van der Waals surface area contributed by atoms with Crippen molar-refractivity contribution < 1.29 is 23.4 Å². The molecule has 0 heterocycles. The van der Waals surface area contributed by atoms with Gasteiger partial charge in [-0.1, -0.05) is 12.1 Å². The highest BCUT2D eigenvalue weighted by molar-refractivity contribution is 5.95. The standard InChI is InChI=1S/C13H9F2NO3/c14-8-4-2-5-9(11(8)15)19-10-6-1-3-7(12(10)16)13(17)18/h1-6H,16H2,(H,17,18). The maximum atomic E-state index is 13.4. The van der Waals surface area contributed by atoms with Crippen LogP contribution in [-0.2, 0) is 0 Å². The van der Waals surface area contributed by atoms with Crippen LogP contribution in [0, 0.1) is 11.6 Å². The third-order valence-corrected chi connectivity index (χ3v) is 2.43. The first-order chi connectivity index (χ1) is 9.00. The van der Waals surface area contributed by atoms with Gasteiger partial charge in [0, 0.05) is 0 Å². The van der Waals surface area contributed by atoms with Gasteiger partial charge < -0.3 is 15.6 Å². The molecule has 98 valence electrons. The van der Waals surface area contributed by atoms with Crippen LogP contribution in [0.1, 0.15) is 10.4 Å². The van der Waals surface area contributed by atoms with Crippen molar-refractivity contribution in [3.63, 3.8) is 0 Å². The zero-order valence-electron chi connectivity index (χ0n) is 9.56. The van der Waals surface area contributed by atoms with Crippen LogP contribution in [0.5, 0.6) is 11.5 Å². The van der Waals surface area contributed by atoms with Crippen molar-refractivity contribution in [1.82, 2.24) is 0 Å². The average molecular weight is 265 g/mol. The van der Waals surface area contributed by atoms with Crippen molar-refractivity contribution in [1.29, 1.82) is 0 Å². The molecular weight excluding hydrogens is 256 g/mol. The van der Waals surface area contributed by atoms with E-state index in [2.05, 4.69) is 0 Å². The Kier molecular flexibility index (Phi) is 3.33. The SMILES string of the molecule is Nc1c(Oc2cccc(F)c2F)cccc1C(=O)O. The second-order valence-corrected chi connectivity index (χ2v) is 3.68. The van der Waals surface area contributed by atoms with Crippen LogP contribution in [-0.4, -0.2) is 11.1 Å². The van der Waals surface area contributed by atoms with E-state index in [4.69, 9.17) is 15.6 Å². The molecule has 2 aromatic carbocycles. The second kappa shape index (κ2) is 4.93. The number of aromatic carboxylic acids is 1. The van der Waals surface area contributed by atoms with E-state index < -0.39 is 17.6 Å². The highest BCUT2D eigenvalue weighted by Gasteiger charge is 2.15. The summed E-state index contributed by atoms with van der Waals surface area (Å²) in [5.74, 6) is -3.88. The van der Waals surface area contributed by atoms with Gasteiger partial charge >= 0.3 is 5.97 Å². The van der Waals surface area contributed by atoms with Gasteiger partial charge in [-0.25, -0.2) is 9.18 Å². The zero-order chi connectivity index (χ0) is 14.0. The second-order valence-electron chi connectivity index (χ2n) is 3.68. The third-order valence-electron chi connectivity index (χ3n) is 2.43. The van der Waals surface area contributed by atoms with Gasteiger partial charge in [0.25, 0.3) is 0 Å². The van der Waals surface area contributed by atoms with Crippen LogP contribution in [0.4, 0.5) is 14.5 Å². The number of hydrogen-bond acceptors (Lipinski definition) is 3. The molecule has 6 heteroatoms. The van der Waals surface area contributed by atoms with Gasteiger partial charge in [0.05, 0.1) is 11.3 Å². The quantitative estimate of drug-likeness (QED) is 0.836. The fourth-order valence-corrected chi connectivity index (χ4v) is 1.50. The molecule has 2 rings (SSSR count). The molecule has 4 nitrogen and oxygen atoms in total. The summed E-state index contributed by atoms with van der Waals surface area (Å²) in [6.45, 7) is 0. The largest absolute Gasteiger partial charge is 0.478 e. The smallest absolute Gasteiger partial charge is 0.337 e. The first-order valence-electron chi connectivity index (χ1n) is 5.24. The van der Waals surface area contributed by atoms with Gasteiger partial charge in [-0.3, -0.25) is 0 Å². The Bertz CT molecular complexity index is 644. The lowest BCUT2D eigenvalue weighted by atomic mass is 10.1. The number of para-hydroxylation sites is 1. The van der Waals surface area contributed by atoms with E-state index in [1.54, 1.807) is 0 Å². The van der Waals surface area contributed by atoms with Crippen molar-refractivity contribution in [3.05, 3.63) is 53.6 Å². The highest BCUT2D eigenvalue weighted by Crippen LogP contribution is 2.31. The lowest BCUT2D eigenvalue weighted by Crippen LogP contribution is -2.04. The maximum absolute atomic E-state index is 13.4.